The second-order valence-corrected chi connectivity index (χ2v) is 4.21. The van der Waals surface area contributed by atoms with Gasteiger partial charge in [0.15, 0.2) is 0 Å². The molecule has 0 radical (unpaired) electrons. The predicted octanol–water partition coefficient (Wildman–Crippen LogP) is 3.12. The van der Waals surface area contributed by atoms with Gasteiger partial charge in [-0.3, -0.25) is 0 Å². The Hall–Kier alpha value is -2.73. The lowest BCUT2D eigenvalue weighted by Crippen LogP contribution is -2.05. The second-order valence-electron chi connectivity index (χ2n) is 4.21. The maximum atomic E-state index is 11.1. The van der Waals surface area contributed by atoms with E-state index >= 15 is 0 Å². The molecule has 1 N–H and O–H groups in total. The predicted molar refractivity (Wildman–Crippen MR) is 77.0 cm³/mol. The molecule has 3 heteroatoms. The lowest BCUT2D eigenvalue weighted by Gasteiger charge is -2.09. The first-order chi connectivity index (χ1) is 9.68. The third-order valence-electron chi connectivity index (χ3n) is 2.74. The molecule has 0 aliphatic rings. The molecule has 0 unspecified atom stereocenters. The van der Waals surface area contributed by atoms with Crippen LogP contribution in [0.3, 0.4) is 0 Å². The van der Waals surface area contributed by atoms with Crippen LogP contribution in [0.25, 0.3) is 0 Å². The number of hydrogen-bond donors (Lipinski definition) is 1. The molecule has 0 saturated heterocycles. The first-order valence-corrected chi connectivity index (χ1v) is 6.18. The summed E-state index contributed by atoms with van der Waals surface area (Å²) >= 11 is 0. The number of benzene rings is 2. The summed E-state index contributed by atoms with van der Waals surface area (Å²) in [4.78, 5) is 11.1. The van der Waals surface area contributed by atoms with Crippen LogP contribution in [0.1, 0.15) is 21.5 Å². The van der Waals surface area contributed by atoms with Gasteiger partial charge in [-0.05, 0) is 30.7 Å². The standard InChI is InChI=1S/C17H14O3/c1-13-7-5-11-15(17(18)19)16(13)20-12-6-10-14-8-3-2-4-9-14/h2-5,7-9,11H,12H2,1H3,(H,18,19). The third-order valence-corrected chi connectivity index (χ3v) is 2.74. The van der Waals surface area contributed by atoms with Crippen LogP contribution in [0.15, 0.2) is 48.5 Å². The quantitative estimate of drug-likeness (QED) is 0.868. The molecule has 0 spiro atoms. The molecule has 3 nitrogen and oxygen atoms in total. The highest BCUT2D eigenvalue weighted by Gasteiger charge is 2.12. The summed E-state index contributed by atoms with van der Waals surface area (Å²) in [6.07, 6.45) is 0. The van der Waals surface area contributed by atoms with E-state index in [0.717, 1.165) is 11.1 Å². The fourth-order valence-electron chi connectivity index (χ4n) is 1.78. The van der Waals surface area contributed by atoms with E-state index in [1.54, 1.807) is 6.07 Å². The number of rotatable bonds is 3. The number of hydrogen-bond acceptors (Lipinski definition) is 2. The van der Waals surface area contributed by atoms with Crippen molar-refractivity contribution < 1.29 is 14.6 Å². The van der Waals surface area contributed by atoms with Gasteiger partial charge in [-0.2, -0.15) is 0 Å². The Balaban J connectivity index is 2.09. The van der Waals surface area contributed by atoms with Crippen molar-refractivity contribution in [2.45, 2.75) is 6.92 Å². The first kappa shape index (κ1) is 13.7. The Labute approximate surface area is 117 Å². The smallest absolute Gasteiger partial charge is 0.339 e. The second kappa shape index (κ2) is 6.44. The number of aryl methyl sites for hydroxylation is 1. The van der Waals surface area contributed by atoms with E-state index < -0.39 is 5.97 Å². The highest BCUT2D eigenvalue weighted by molar-refractivity contribution is 5.91. The van der Waals surface area contributed by atoms with Gasteiger partial charge in [0.05, 0.1) is 0 Å². The molecular formula is C17H14O3. The SMILES string of the molecule is Cc1cccc(C(=O)O)c1OCC#Cc1ccccc1. The van der Waals surface area contributed by atoms with Crippen LogP contribution in [-0.4, -0.2) is 17.7 Å². The number of carboxylic acids is 1. The molecule has 0 aromatic heterocycles. The molecule has 0 atom stereocenters. The summed E-state index contributed by atoms with van der Waals surface area (Å²) in [5, 5.41) is 9.11. The molecule has 2 rings (SSSR count). The van der Waals surface area contributed by atoms with Crippen LogP contribution < -0.4 is 4.74 Å². The van der Waals surface area contributed by atoms with Gasteiger partial charge in [-0.25, -0.2) is 4.79 Å². The van der Waals surface area contributed by atoms with E-state index in [1.165, 1.54) is 6.07 Å². The molecule has 0 fully saturated rings. The summed E-state index contributed by atoms with van der Waals surface area (Å²) in [5.41, 5.74) is 1.84. The van der Waals surface area contributed by atoms with E-state index in [4.69, 9.17) is 9.84 Å². The minimum Gasteiger partial charge on any atom is -0.480 e. The lowest BCUT2D eigenvalue weighted by molar-refractivity contribution is 0.0692. The van der Waals surface area contributed by atoms with Crippen LogP contribution in [0.5, 0.6) is 5.75 Å². The van der Waals surface area contributed by atoms with Crippen molar-refractivity contribution in [1.29, 1.82) is 0 Å². The zero-order chi connectivity index (χ0) is 14.4. The third kappa shape index (κ3) is 3.39. The molecule has 0 amide bonds. The van der Waals surface area contributed by atoms with Crippen molar-refractivity contribution in [3.8, 4) is 17.6 Å². The van der Waals surface area contributed by atoms with Crippen molar-refractivity contribution in [3.63, 3.8) is 0 Å². The van der Waals surface area contributed by atoms with Gasteiger partial charge >= 0.3 is 5.97 Å². The molecule has 0 heterocycles. The number of para-hydroxylation sites is 1. The minimum atomic E-state index is -1.00. The lowest BCUT2D eigenvalue weighted by atomic mass is 10.1. The zero-order valence-electron chi connectivity index (χ0n) is 11.1. The maximum absolute atomic E-state index is 11.1. The molecule has 2 aromatic carbocycles. The molecule has 0 aliphatic heterocycles. The molecule has 2 aromatic rings. The summed E-state index contributed by atoms with van der Waals surface area (Å²) in [6.45, 7) is 1.96. The Kier molecular flexibility index (Phi) is 4.41. The van der Waals surface area contributed by atoms with Crippen LogP contribution in [-0.2, 0) is 0 Å². The molecular weight excluding hydrogens is 252 g/mol. The summed E-state index contributed by atoms with van der Waals surface area (Å²) in [7, 11) is 0. The molecule has 0 saturated carbocycles. The van der Waals surface area contributed by atoms with E-state index in [2.05, 4.69) is 11.8 Å². The van der Waals surface area contributed by atoms with Crippen LogP contribution in [0.4, 0.5) is 0 Å². The van der Waals surface area contributed by atoms with Gasteiger partial charge in [0.1, 0.15) is 17.9 Å². The zero-order valence-corrected chi connectivity index (χ0v) is 11.1. The van der Waals surface area contributed by atoms with Gasteiger partial charge < -0.3 is 9.84 Å². The van der Waals surface area contributed by atoms with Crippen LogP contribution in [0.2, 0.25) is 0 Å². The van der Waals surface area contributed by atoms with Crippen molar-refractivity contribution in [3.05, 3.63) is 65.2 Å². The molecule has 0 bridgehead atoms. The monoisotopic (exact) mass is 266 g/mol. The van der Waals surface area contributed by atoms with Crippen molar-refractivity contribution >= 4 is 5.97 Å². The van der Waals surface area contributed by atoms with Crippen molar-refractivity contribution in [2.24, 2.45) is 0 Å². The molecule has 0 aliphatic carbocycles. The van der Waals surface area contributed by atoms with Gasteiger partial charge in [0.2, 0.25) is 0 Å². The highest BCUT2D eigenvalue weighted by Crippen LogP contribution is 2.23. The normalized spacial score (nSPS) is 9.45. The average Bonchev–Trinajstić information content (AvgIpc) is 2.45. The van der Waals surface area contributed by atoms with Gasteiger partial charge in [-0.1, -0.05) is 42.2 Å². The highest BCUT2D eigenvalue weighted by atomic mass is 16.5. The Morgan fingerprint density at radius 3 is 2.60 bits per heavy atom. The number of aromatic carboxylic acids is 1. The van der Waals surface area contributed by atoms with E-state index in [0.29, 0.717) is 5.75 Å². The van der Waals surface area contributed by atoms with Gasteiger partial charge in [0.25, 0.3) is 0 Å². The van der Waals surface area contributed by atoms with E-state index in [1.807, 2.05) is 43.3 Å². The van der Waals surface area contributed by atoms with Gasteiger partial charge in [-0.15, -0.1) is 0 Å². The molecule has 20 heavy (non-hydrogen) atoms. The summed E-state index contributed by atoms with van der Waals surface area (Å²) in [5.74, 6) is 5.22. The molecule has 100 valence electrons. The number of carbonyl (C=O) groups is 1. The Morgan fingerprint density at radius 1 is 1.15 bits per heavy atom. The van der Waals surface area contributed by atoms with Gasteiger partial charge in [0, 0.05) is 5.56 Å². The maximum Gasteiger partial charge on any atom is 0.339 e. The fraction of sp³-hybridized carbons (Fsp3) is 0.118. The van der Waals surface area contributed by atoms with Crippen LogP contribution >= 0.6 is 0 Å². The van der Waals surface area contributed by atoms with Crippen molar-refractivity contribution in [2.75, 3.05) is 6.61 Å². The summed E-state index contributed by atoms with van der Waals surface area (Å²) in [6, 6.07) is 14.6. The average molecular weight is 266 g/mol. The number of carboxylic acid groups (broad SMARTS) is 1. The number of ether oxygens (including phenoxy) is 1. The largest absolute Gasteiger partial charge is 0.480 e. The van der Waals surface area contributed by atoms with E-state index in [9.17, 15) is 4.79 Å². The van der Waals surface area contributed by atoms with E-state index in [-0.39, 0.29) is 12.2 Å². The topological polar surface area (TPSA) is 46.5 Å². The first-order valence-electron chi connectivity index (χ1n) is 6.18. The summed E-state index contributed by atoms with van der Waals surface area (Å²) < 4.78 is 5.50. The Morgan fingerprint density at radius 2 is 1.90 bits per heavy atom. The van der Waals surface area contributed by atoms with Crippen LogP contribution in [0, 0.1) is 18.8 Å². The van der Waals surface area contributed by atoms with Crippen molar-refractivity contribution in [1.82, 2.24) is 0 Å². The minimum absolute atomic E-state index is 0.153. The fourth-order valence-corrected chi connectivity index (χ4v) is 1.78. The Bertz CT molecular complexity index is 664.